The molecule has 5 heterocycles. The number of methoxy groups -OCH3 is 1. The third-order valence-corrected chi connectivity index (χ3v) is 14.7. The van der Waals surface area contributed by atoms with Crippen LogP contribution in [-0.4, -0.2) is 114 Å². The lowest BCUT2D eigenvalue weighted by atomic mass is 9.59. The first kappa shape index (κ1) is 37.4. The zero-order chi connectivity index (χ0) is 37.8. The van der Waals surface area contributed by atoms with E-state index in [-0.39, 0.29) is 0 Å². The van der Waals surface area contributed by atoms with Crippen LogP contribution in [0.25, 0.3) is 11.1 Å². The molecule has 3 N–H and O–H groups in total. The van der Waals surface area contributed by atoms with Gasteiger partial charge >= 0.3 is 0 Å². The fourth-order valence-electron chi connectivity index (χ4n) is 9.08. The molecule has 2 aromatic carbocycles. The number of anilines is 5. The number of nitrogens with one attached hydrogen (secondary N) is 3. The van der Waals surface area contributed by atoms with Crippen molar-refractivity contribution < 1.29 is 9.30 Å². The summed E-state index contributed by atoms with van der Waals surface area (Å²) >= 11 is 3.63. The Balaban J connectivity index is 0.995. The van der Waals surface area contributed by atoms with Crippen molar-refractivity contribution in [3.05, 3.63) is 58.5 Å². The minimum atomic E-state index is -2.59. The molecule has 1 aliphatic carbocycles. The normalized spacial score (nSPS) is 19.8. The van der Waals surface area contributed by atoms with Crippen molar-refractivity contribution in [2.75, 3.05) is 88.3 Å². The third-order valence-electron chi connectivity index (χ3n) is 12.5. The predicted octanol–water partition coefficient (Wildman–Crippen LogP) is 6.34. The maximum Gasteiger partial charge on any atom is 0.229 e. The van der Waals surface area contributed by atoms with Crippen LogP contribution in [0.15, 0.2) is 47.3 Å². The average molecular weight is 818 g/mol. The Hall–Kier alpha value is -3.48. The van der Waals surface area contributed by atoms with Crippen LogP contribution in [0.4, 0.5) is 28.8 Å². The summed E-state index contributed by atoms with van der Waals surface area (Å²) < 4.78 is 21.9. The molecular formula is C40H54BrN10O2P. The van der Waals surface area contributed by atoms with Crippen LogP contribution < -0.4 is 30.9 Å². The fourth-order valence-corrected chi connectivity index (χ4v) is 11.1. The number of aryl methyl sites for hydroxylation is 2. The molecule has 2 aromatic heterocycles. The Kier molecular flexibility index (Phi) is 10.3. The average Bonchev–Trinajstić information content (AvgIpc) is 3.55. The molecule has 1 saturated carbocycles. The number of piperidine rings is 1. The molecule has 8 rings (SSSR count). The van der Waals surface area contributed by atoms with Gasteiger partial charge in [-0.25, -0.2) is 4.98 Å². The molecule has 0 radical (unpaired) electrons. The summed E-state index contributed by atoms with van der Waals surface area (Å²) in [6, 6.07) is 9.77. The van der Waals surface area contributed by atoms with Gasteiger partial charge in [-0.1, -0.05) is 6.07 Å². The first-order chi connectivity index (χ1) is 25.9. The quantitative estimate of drug-likeness (QED) is 0.156. The molecule has 0 unspecified atom stereocenters. The van der Waals surface area contributed by atoms with Gasteiger partial charge in [-0.15, -0.1) is 0 Å². The lowest BCUT2D eigenvalue weighted by Gasteiger charge is -2.57. The molecule has 54 heavy (non-hydrogen) atoms. The van der Waals surface area contributed by atoms with Gasteiger partial charge in [-0.05, 0) is 111 Å². The molecule has 1 spiro atoms. The van der Waals surface area contributed by atoms with Crippen molar-refractivity contribution in [3.8, 4) is 16.9 Å². The van der Waals surface area contributed by atoms with Crippen LogP contribution in [0.2, 0.25) is 0 Å². The number of benzene rings is 2. The van der Waals surface area contributed by atoms with E-state index in [2.05, 4.69) is 75.0 Å². The van der Waals surface area contributed by atoms with E-state index in [1.807, 2.05) is 43.9 Å². The van der Waals surface area contributed by atoms with E-state index in [1.165, 1.54) is 51.9 Å². The minimum Gasteiger partial charge on any atom is -0.494 e. The SMILES string of the molecule is COc1cc(N2CCN(C3CC4(CCN(C5CNC5)CC4)C3)CC2)c(-c2cnn(C)c2)cc1Nc1ncc(Br)c(Nc2ccc(C)c(C)c2P(C)(C)=O)n1. The minimum absolute atomic E-state index is 0.406. The summed E-state index contributed by atoms with van der Waals surface area (Å²) in [5.74, 6) is 1.68. The van der Waals surface area contributed by atoms with Crippen molar-refractivity contribution in [2.45, 2.75) is 51.6 Å². The molecule has 4 aromatic rings. The molecule has 4 aliphatic rings. The second kappa shape index (κ2) is 14.9. The maximum atomic E-state index is 13.4. The topological polar surface area (TPSA) is 116 Å². The summed E-state index contributed by atoms with van der Waals surface area (Å²) in [6.45, 7) is 16.6. The number of hydrogen-bond acceptors (Lipinski definition) is 11. The highest BCUT2D eigenvalue weighted by Crippen LogP contribution is 2.51. The summed E-state index contributed by atoms with van der Waals surface area (Å²) in [4.78, 5) is 17.4. The summed E-state index contributed by atoms with van der Waals surface area (Å²) in [5.41, 5.74) is 7.48. The van der Waals surface area contributed by atoms with Gasteiger partial charge in [0.05, 0.1) is 29.2 Å². The molecule has 0 amide bonds. The van der Waals surface area contributed by atoms with Crippen LogP contribution in [0, 0.1) is 19.3 Å². The number of likely N-dealkylation sites (tertiary alicyclic amines) is 1. The molecule has 0 bridgehead atoms. The van der Waals surface area contributed by atoms with Gasteiger partial charge in [0.15, 0.2) is 0 Å². The lowest BCUT2D eigenvalue weighted by molar-refractivity contribution is -0.0546. The van der Waals surface area contributed by atoms with E-state index in [0.717, 1.165) is 76.8 Å². The third kappa shape index (κ3) is 7.42. The predicted molar refractivity (Wildman–Crippen MR) is 223 cm³/mol. The Bertz CT molecular complexity index is 2060. The van der Waals surface area contributed by atoms with E-state index >= 15 is 0 Å². The highest BCUT2D eigenvalue weighted by Gasteiger charge is 2.49. The fraction of sp³-hybridized carbons (Fsp3) is 0.525. The van der Waals surface area contributed by atoms with Crippen LogP contribution >= 0.6 is 23.1 Å². The van der Waals surface area contributed by atoms with Crippen LogP contribution in [0.3, 0.4) is 0 Å². The van der Waals surface area contributed by atoms with Gasteiger partial charge in [0.1, 0.15) is 18.7 Å². The number of piperazine rings is 1. The molecule has 4 fully saturated rings. The monoisotopic (exact) mass is 816 g/mol. The van der Waals surface area contributed by atoms with Gasteiger partial charge in [0, 0.05) is 99.0 Å². The Morgan fingerprint density at radius 1 is 0.944 bits per heavy atom. The van der Waals surface area contributed by atoms with Crippen molar-refractivity contribution in [3.63, 3.8) is 0 Å². The van der Waals surface area contributed by atoms with E-state index < -0.39 is 7.14 Å². The number of ether oxygens (including phenoxy) is 1. The number of rotatable bonds is 10. The summed E-state index contributed by atoms with van der Waals surface area (Å²) in [7, 11) is 1.07. The zero-order valence-corrected chi connectivity index (χ0v) is 34.9. The maximum absolute atomic E-state index is 13.4. The Morgan fingerprint density at radius 2 is 1.67 bits per heavy atom. The Labute approximate surface area is 327 Å². The summed E-state index contributed by atoms with van der Waals surface area (Å²) in [6.07, 6.45) is 11.2. The van der Waals surface area contributed by atoms with Gasteiger partial charge in [-0.2, -0.15) is 10.1 Å². The number of halogens is 1. The van der Waals surface area contributed by atoms with Gasteiger partial charge in [-0.3, -0.25) is 14.5 Å². The first-order valence-corrected chi connectivity index (χ1v) is 22.7. The molecule has 3 aliphatic heterocycles. The molecular weight excluding hydrogens is 763 g/mol. The van der Waals surface area contributed by atoms with Crippen molar-refractivity contribution in [1.82, 2.24) is 34.9 Å². The summed E-state index contributed by atoms with van der Waals surface area (Å²) in [5, 5.41) is 15.7. The second-order valence-electron chi connectivity index (χ2n) is 16.3. The molecule has 0 atom stereocenters. The smallest absolute Gasteiger partial charge is 0.229 e. The molecule has 288 valence electrons. The van der Waals surface area contributed by atoms with Crippen molar-refractivity contribution in [2.24, 2.45) is 12.5 Å². The molecule has 3 saturated heterocycles. The van der Waals surface area contributed by atoms with E-state index in [1.54, 1.807) is 26.6 Å². The number of hydrogen-bond donors (Lipinski definition) is 3. The first-order valence-electron chi connectivity index (χ1n) is 19.3. The Morgan fingerprint density at radius 3 is 2.30 bits per heavy atom. The number of aromatic nitrogens is 4. The van der Waals surface area contributed by atoms with Gasteiger partial charge in [0.2, 0.25) is 5.95 Å². The van der Waals surface area contributed by atoms with Crippen molar-refractivity contribution >= 4 is 57.2 Å². The van der Waals surface area contributed by atoms with E-state index in [9.17, 15) is 4.57 Å². The van der Waals surface area contributed by atoms with E-state index in [0.29, 0.717) is 33.4 Å². The zero-order valence-electron chi connectivity index (χ0n) is 32.5. The lowest BCUT2D eigenvalue weighted by Crippen LogP contribution is -2.63. The van der Waals surface area contributed by atoms with E-state index in [4.69, 9.17) is 9.72 Å². The van der Waals surface area contributed by atoms with Crippen LogP contribution in [0.1, 0.15) is 36.8 Å². The standard InChI is InChI=1S/C40H54BrN10O2P/c1-26-7-8-33(37(27(26)2)54(5,6)52)45-38-32(41)24-43-39(47-38)46-34-17-31(28-21-44-48(3)25-28)35(18-36(34)53-4)51-15-13-50(14-16-51)29-19-40(20-29)9-11-49(12-10-40)30-22-42-23-30/h7-8,17-18,21,24-25,29-30,42H,9-16,19-20,22-23H2,1-6H3,(H2,43,45,46,47). The number of nitrogens with zero attached hydrogens (tertiary/aromatic N) is 7. The second-order valence-corrected chi connectivity index (χ2v) is 20.3. The molecule has 12 nitrogen and oxygen atoms in total. The largest absolute Gasteiger partial charge is 0.494 e. The highest BCUT2D eigenvalue weighted by atomic mass is 79.9. The molecule has 14 heteroatoms. The van der Waals surface area contributed by atoms with Crippen LogP contribution in [0.5, 0.6) is 5.75 Å². The van der Waals surface area contributed by atoms with Crippen molar-refractivity contribution in [1.29, 1.82) is 0 Å². The highest BCUT2D eigenvalue weighted by molar-refractivity contribution is 9.10. The van der Waals surface area contributed by atoms with Gasteiger partial charge in [0.25, 0.3) is 0 Å². The van der Waals surface area contributed by atoms with Gasteiger partial charge < -0.3 is 30.2 Å². The van der Waals surface area contributed by atoms with Crippen LogP contribution in [-0.2, 0) is 11.6 Å².